The summed E-state index contributed by atoms with van der Waals surface area (Å²) in [6.07, 6.45) is 0. The molecule has 0 bridgehead atoms. The Kier molecular flexibility index (Phi) is 3.76. The molecule has 1 heterocycles. The molecule has 1 N–H and O–H groups in total. The largest absolute Gasteiger partial charge is 0.298 e. The number of nitrogens with one attached hydrogen (secondary N) is 1. The first-order valence-electron chi connectivity index (χ1n) is 5.07. The quantitative estimate of drug-likeness (QED) is 0.865. The lowest BCUT2D eigenvalue weighted by Crippen LogP contribution is -2.11. The van der Waals surface area contributed by atoms with Gasteiger partial charge in [0.15, 0.2) is 5.13 Å². The maximum atomic E-state index is 11.8. The Balaban J connectivity index is 2.08. The fourth-order valence-corrected chi connectivity index (χ4v) is 2.23. The van der Waals surface area contributed by atoms with E-state index >= 15 is 0 Å². The van der Waals surface area contributed by atoms with Gasteiger partial charge in [0.2, 0.25) is 0 Å². The van der Waals surface area contributed by atoms with Gasteiger partial charge in [0, 0.05) is 10.9 Å². The molecule has 0 radical (unpaired) electrons. The van der Waals surface area contributed by atoms with Gasteiger partial charge in [-0.3, -0.25) is 10.1 Å². The summed E-state index contributed by atoms with van der Waals surface area (Å²) >= 11 is 7.02. The number of rotatable bonds is 3. The fraction of sp³-hybridized carbons (Fsp3) is 0.167. The molecule has 2 rings (SSSR count). The van der Waals surface area contributed by atoms with Gasteiger partial charge >= 0.3 is 0 Å². The molecule has 0 aliphatic heterocycles. The SMILES string of the molecule is Cc1ccc(C(=O)Nc2nc(CCl)cs2)cc1. The van der Waals surface area contributed by atoms with Gasteiger partial charge in [-0.15, -0.1) is 22.9 Å². The van der Waals surface area contributed by atoms with Crippen molar-refractivity contribution in [3.05, 3.63) is 46.5 Å². The predicted molar refractivity (Wildman–Crippen MR) is 70.8 cm³/mol. The van der Waals surface area contributed by atoms with Gasteiger partial charge in [-0.05, 0) is 19.1 Å². The van der Waals surface area contributed by atoms with Crippen LogP contribution < -0.4 is 5.32 Å². The molecule has 3 nitrogen and oxygen atoms in total. The molecule has 0 saturated carbocycles. The van der Waals surface area contributed by atoms with Crippen molar-refractivity contribution in [1.82, 2.24) is 4.98 Å². The first-order chi connectivity index (χ1) is 8.19. The van der Waals surface area contributed by atoms with Crippen LogP contribution in [0.2, 0.25) is 0 Å². The van der Waals surface area contributed by atoms with Crippen molar-refractivity contribution in [3.63, 3.8) is 0 Å². The van der Waals surface area contributed by atoms with E-state index in [9.17, 15) is 4.79 Å². The zero-order valence-electron chi connectivity index (χ0n) is 9.24. The molecular weight excluding hydrogens is 256 g/mol. The molecule has 0 spiro atoms. The van der Waals surface area contributed by atoms with Crippen molar-refractivity contribution in [2.45, 2.75) is 12.8 Å². The standard InChI is InChI=1S/C12H11ClN2OS/c1-8-2-4-9(5-3-8)11(16)15-12-14-10(6-13)7-17-12/h2-5,7H,6H2,1H3,(H,14,15,16). The number of carbonyl (C=O) groups is 1. The highest BCUT2D eigenvalue weighted by atomic mass is 35.5. The van der Waals surface area contributed by atoms with Gasteiger partial charge < -0.3 is 0 Å². The van der Waals surface area contributed by atoms with E-state index < -0.39 is 0 Å². The molecule has 1 aromatic carbocycles. The molecule has 0 fully saturated rings. The van der Waals surface area contributed by atoms with Crippen LogP contribution in [0, 0.1) is 6.92 Å². The van der Waals surface area contributed by atoms with Crippen molar-refractivity contribution < 1.29 is 4.79 Å². The fourth-order valence-electron chi connectivity index (χ4n) is 1.30. The van der Waals surface area contributed by atoms with E-state index in [0.29, 0.717) is 16.6 Å². The minimum absolute atomic E-state index is 0.152. The van der Waals surface area contributed by atoms with E-state index in [0.717, 1.165) is 11.3 Å². The summed E-state index contributed by atoms with van der Waals surface area (Å²) in [6.45, 7) is 1.98. The van der Waals surface area contributed by atoms with Crippen molar-refractivity contribution in [3.8, 4) is 0 Å². The Morgan fingerprint density at radius 1 is 1.41 bits per heavy atom. The zero-order valence-corrected chi connectivity index (χ0v) is 10.8. The second-order valence-electron chi connectivity index (χ2n) is 3.60. The molecule has 0 saturated heterocycles. The molecule has 0 unspecified atom stereocenters. The number of hydrogen-bond acceptors (Lipinski definition) is 3. The minimum Gasteiger partial charge on any atom is -0.298 e. The van der Waals surface area contributed by atoms with E-state index in [1.165, 1.54) is 11.3 Å². The number of aryl methyl sites for hydroxylation is 1. The third-order valence-electron chi connectivity index (χ3n) is 2.22. The summed E-state index contributed by atoms with van der Waals surface area (Å²) < 4.78 is 0. The first kappa shape index (κ1) is 12.1. The molecule has 1 amide bonds. The van der Waals surface area contributed by atoms with E-state index in [-0.39, 0.29) is 5.91 Å². The molecule has 0 aliphatic carbocycles. The normalized spacial score (nSPS) is 10.2. The highest BCUT2D eigenvalue weighted by Crippen LogP contribution is 2.17. The van der Waals surface area contributed by atoms with Gasteiger partial charge in [-0.1, -0.05) is 17.7 Å². The minimum atomic E-state index is -0.152. The van der Waals surface area contributed by atoms with Crippen LogP contribution in [-0.4, -0.2) is 10.9 Å². The van der Waals surface area contributed by atoms with Crippen LogP contribution in [0.4, 0.5) is 5.13 Å². The number of hydrogen-bond donors (Lipinski definition) is 1. The summed E-state index contributed by atoms with van der Waals surface area (Å²) in [5.41, 5.74) is 2.52. The number of aromatic nitrogens is 1. The Labute approximate surface area is 108 Å². The van der Waals surface area contributed by atoms with E-state index in [1.807, 2.05) is 24.4 Å². The molecule has 2 aromatic rings. The molecule has 1 aromatic heterocycles. The second-order valence-corrected chi connectivity index (χ2v) is 4.72. The van der Waals surface area contributed by atoms with Crippen LogP contribution in [0.5, 0.6) is 0 Å². The lowest BCUT2D eigenvalue weighted by atomic mass is 10.1. The highest BCUT2D eigenvalue weighted by molar-refractivity contribution is 7.14. The third-order valence-corrected chi connectivity index (χ3v) is 3.30. The topological polar surface area (TPSA) is 42.0 Å². The molecule has 0 atom stereocenters. The lowest BCUT2D eigenvalue weighted by molar-refractivity contribution is 0.102. The summed E-state index contributed by atoms with van der Waals surface area (Å²) in [5, 5.41) is 5.15. The number of thiazole rings is 1. The maximum absolute atomic E-state index is 11.8. The van der Waals surface area contributed by atoms with E-state index in [4.69, 9.17) is 11.6 Å². The number of amides is 1. The predicted octanol–water partition coefficient (Wildman–Crippen LogP) is 3.44. The monoisotopic (exact) mass is 266 g/mol. The summed E-state index contributed by atoms with van der Waals surface area (Å²) in [4.78, 5) is 16.0. The maximum Gasteiger partial charge on any atom is 0.257 e. The number of benzene rings is 1. The molecule has 17 heavy (non-hydrogen) atoms. The average Bonchev–Trinajstić information content (AvgIpc) is 2.77. The second kappa shape index (κ2) is 5.29. The summed E-state index contributed by atoms with van der Waals surface area (Å²) in [7, 11) is 0. The van der Waals surface area contributed by atoms with Gasteiger partial charge in [-0.2, -0.15) is 0 Å². The Hall–Kier alpha value is -1.39. The molecule has 88 valence electrons. The Morgan fingerprint density at radius 2 is 2.12 bits per heavy atom. The summed E-state index contributed by atoms with van der Waals surface area (Å²) in [6, 6.07) is 7.39. The third kappa shape index (κ3) is 3.05. The van der Waals surface area contributed by atoms with E-state index in [2.05, 4.69) is 10.3 Å². The molecule has 5 heteroatoms. The highest BCUT2D eigenvalue weighted by Gasteiger charge is 2.08. The summed E-state index contributed by atoms with van der Waals surface area (Å²) in [5.74, 6) is 0.206. The Bertz CT molecular complexity index is 522. The molecular formula is C12H11ClN2OS. The smallest absolute Gasteiger partial charge is 0.257 e. The number of carbonyl (C=O) groups excluding carboxylic acids is 1. The van der Waals surface area contributed by atoms with Crippen molar-refractivity contribution in [2.24, 2.45) is 0 Å². The number of anilines is 1. The van der Waals surface area contributed by atoms with Crippen molar-refractivity contribution in [2.75, 3.05) is 5.32 Å². The van der Waals surface area contributed by atoms with E-state index in [1.54, 1.807) is 12.1 Å². The van der Waals surface area contributed by atoms with Crippen LogP contribution in [0.25, 0.3) is 0 Å². The number of alkyl halides is 1. The van der Waals surface area contributed by atoms with Crippen LogP contribution in [0.15, 0.2) is 29.6 Å². The number of halogens is 1. The van der Waals surface area contributed by atoms with Crippen LogP contribution in [0.3, 0.4) is 0 Å². The van der Waals surface area contributed by atoms with Crippen LogP contribution in [0.1, 0.15) is 21.6 Å². The lowest BCUT2D eigenvalue weighted by Gasteiger charge is -2.01. The first-order valence-corrected chi connectivity index (χ1v) is 6.49. The zero-order chi connectivity index (χ0) is 12.3. The van der Waals surface area contributed by atoms with Crippen LogP contribution in [-0.2, 0) is 5.88 Å². The average molecular weight is 267 g/mol. The number of nitrogens with zero attached hydrogens (tertiary/aromatic N) is 1. The van der Waals surface area contributed by atoms with Crippen molar-refractivity contribution in [1.29, 1.82) is 0 Å². The van der Waals surface area contributed by atoms with Gasteiger partial charge in [0.05, 0.1) is 11.6 Å². The van der Waals surface area contributed by atoms with Gasteiger partial charge in [-0.25, -0.2) is 4.98 Å². The van der Waals surface area contributed by atoms with Gasteiger partial charge in [0.1, 0.15) is 0 Å². The Morgan fingerprint density at radius 3 is 2.71 bits per heavy atom. The van der Waals surface area contributed by atoms with Crippen molar-refractivity contribution >= 4 is 34.0 Å². The van der Waals surface area contributed by atoms with Crippen LogP contribution >= 0.6 is 22.9 Å². The van der Waals surface area contributed by atoms with Gasteiger partial charge in [0.25, 0.3) is 5.91 Å². The molecule has 0 aliphatic rings.